The van der Waals surface area contributed by atoms with E-state index in [4.69, 9.17) is 0 Å². The summed E-state index contributed by atoms with van der Waals surface area (Å²) < 4.78 is 0. The SMILES string of the molecule is Cc1cccc(C)c1NC(=O)CN1CCN(C(=O)CCCc2c[nH]c3ccccc23)CC1. The van der Waals surface area contributed by atoms with Crippen LogP contribution in [0.1, 0.15) is 29.5 Å². The van der Waals surface area contributed by atoms with Gasteiger partial charge in [-0.1, -0.05) is 36.4 Å². The monoisotopic (exact) mass is 432 g/mol. The maximum absolute atomic E-state index is 12.7. The number of piperazine rings is 1. The molecule has 0 radical (unpaired) electrons. The van der Waals surface area contributed by atoms with E-state index < -0.39 is 0 Å². The molecule has 1 aliphatic rings. The molecule has 32 heavy (non-hydrogen) atoms. The molecule has 4 rings (SSSR count). The first kappa shape index (κ1) is 22.1. The number of aryl methyl sites for hydroxylation is 3. The van der Waals surface area contributed by atoms with Crippen LogP contribution >= 0.6 is 0 Å². The highest BCUT2D eigenvalue weighted by atomic mass is 16.2. The summed E-state index contributed by atoms with van der Waals surface area (Å²) in [5, 5.41) is 4.29. The summed E-state index contributed by atoms with van der Waals surface area (Å²) in [6, 6.07) is 14.3. The summed E-state index contributed by atoms with van der Waals surface area (Å²) >= 11 is 0. The number of benzene rings is 2. The largest absolute Gasteiger partial charge is 0.361 e. The second kappa shape index (κ2) is 10.0. The standard InChI is InChI=1S/C26H32N4O2/c1-19-7-5-8-20(2)26(19)28-24(31)18-29-13-15-30(16-14-29)25(32)12-6-9-21-17-27-23-11-4-3-10-22(21)23/h3-5,7-8,10-11,17,27H,6,9,12-16,18H2,1-2H3,(H,28,31). The zero-order valence-corrected chi connectivity index (χ0v) is 19.0. The second-order valence-corrected chi connectivity index (χ2v) is 8.68. The fourth-order valence-corrected chi connectivity index (χ4v) is 4.48. The van der Waals surface area contributed by atoms with Crippen LogP contribution in [0.2, 0.25) is 0 Å². The van der Waals surface area contributed by atoms with Crippen molar-refractivity contribution in [3.05, 3.63) is 65.4 Å². The molecule has 0 saturated carbocycles. The Hall–Kier alpha value is -3.12. The van der Waals surface area contributed by atoms with E-state index in [0.717, 1.165) is 48.3 Å². The van der Waals surface area contributed by atoms with E-state index in [1.54, 1.807) is 0 Å². The van der Waals surface area contributed by atoms with Gasteiger partial charge in [0.1, 0.15) is 0 Å². The van der Waals surface area contributed by atoms with Gasteiger partial charge in [0.25, 0.3) is 0 Å². The van der Waals surface area contributed by atoms with Gasteiger partial charge in [-0.15, -0.1) is 0 Å². The van der Waals surface area contributed by atoms with Crippen molar-refractivity contribution in [2.45, 2.75) is 33.1 Å². The molecule has 2 amide bonds. The highest BCUT2D eigenvalue weighted by Crippen LogP contribution is 2.21. The van der Waals surface area contributed by atoms with Crippen molar-refractivity contribution >= 4 is 28.4 Å². The molecule has 0 atom stereocenters. The third kappa shape index (κ3) is 5.19. The van der Waals surface area contributed by atoms with Crippen LogP contribution < -0.4 is 5.32 Å². The molecular formula is C26H32N4O2. The van der Waals surface area contributed by atoms with Gasteiger partial charge in [-0.2, -0.15) is 0 Å². The van der Waals surface area contributed by atoms with Crippen LogP contribution in [0.25, 0.3) is 10.9 Å². The number of para-hydroxylation sites is 2. The average Bonchev–Trinajstić information content (AvgIpc) is 3.20. The average molecular weight is 433 g/mol. The van der Waals surface area contributed by atoms with Crippen LogP contribution in [-0.4, -0.2) is 59.3 Å². The Bertz CT molecular complexity index is 1080. The molecule has 0 bridgehead atoms. The number of rotatable bonds is 7. The number of aromatic amines is 1. The van der Waals surface area contributed by atoms with Crippen molar-refractivity contribution < 1.29 is 9.59 Å². The number of amides is 2. The number of carbonyl (C=O) groups excluding carboxylic acids is 2. The highest BCUT2D eigenvalue weighted by molar-refractivity contribution is 5.93. The van der Waals surface area contributed by atoms with E-state index in [9.17, 15) is 9.59 Å². The van der Waals surface area contributed by atoms with Gasteiger partial charge < -0.3 is 15.2 Å². The molecule has 0 unspecified atom stereocenters. The Balaban J connectivity index is 1.19. The number of hydrogen-bond donors (Lipinski definition) is 2. The summed E-state index contributed by atoms with van der Waals surface area (Å²) in [7, 11) is 0. The molecule has 2 N–H and O–H groups in total. The van der Waals surface area contributed by atoms with E-state index in [1.165, 1.54) is 10.9 Å². The molecule has 0 spiro atoms. The molecule has 6 nitrogen and oxygen atoms in total. The van der Waals surface area contributed by atoms with E-state index in [2.05, 4.69) is 33.5 Å². The first-order valence-electron chi connectivity index (χ1n) is 11.4. The van der Waals surface area contributed by atoms with E-state index in [1.807, 2.05) is 49.1 Å². The molecule has 168 valence electrons. The summed E-state index contributed by atoms with van der Waals surface area (Å²) in [6.45, 7) is 7.20. The maximum atomic E-state index is 12.7. The number of anilines is 1. The van der Waals surface area contributed by atoms with Crippen molar-refractivity contribution in [2.24, 2.45) is 0 Å². The molecule has 1 saturated heterocycles. The third-order valence-corrected chi connectivity index (χ3v) is 6.35. The molecule has 1 aromatic heterocycles. The van der Waals surface area contributed by atoms with Crippen molar-refractivity contribution in [3.63, 3.8) is 0 Å². The van der Waals surface area contributed by atoms with E-state index in [-0.39, 0.29) is 11.8 Å². The van der Waals surface area contributed by atoms with Crippen LogP contribution in [0, 0.1) is 13.8 Å². The van der Waals surface area contributed by atoms with Crippen molar-refractivity contribution in [1.29, 1.82) is 0 Å². The minimum absolute atomic E-state index is 0.000839. The van der Waals surface area contributed by atoms with Crippen LogP contribution in [0.3, 0.4) is 0 Å². The Morgan fingerprint density at radius 2 is 1.69 bits per heavy atom. The third-order valence-electron chi connectivity index (χ3n) is 6.35. The van der Waals surface area contributed by atoms with Gasteiger partial charge in [0.05, 0.1) is 6.54 Å². The fourth-order valence-electron chi connectivity index (χ4n) is 4.48. The van der Waals surface area contributed by atoms with Gasteiger partial charge in [-0.05, 0) is 49.4 Å². The molecular weight excluding hydrogens is 400 g/mol. The van der Waals surface area contributed by atoms with Gasteiger partial charge in [0.15, 0.2) is 0 Å². The first-order valence-corrected chi connectivity index (χ1v) is 11.4. The number of carbonyl (C=O) groups is 2. The molecule has 2 heterocycles. The number of fused-ring (bicyclic) bond motifs is 1. The van der Waals surface area contributed by atoms with Crippen LogP contribution in [-0.2, 0) is 16.0 Å². The number of hydrogen-bond acceptors (Lipinski definition) is 3. The first-order chi connectivity index (χ1) is 15.5. The lowest BCUT2D eigenvalue weighted by molar-refractivity contribution is -0.133. The number of nitrogens with one attached hydrogen (secondary N) is 2. The molecule has 1 fully saturated rings. The van der Waals surface area contributed by atoms with Crippen molar-refractivity contribution in [3.8, 4) is 0 Å². The van der Waals surface area contributed by atoms with Crippen LogP contribution in [0.4, 0.5) is 5.69 Å². The summed E-state index contributed by atoms with van der Waals surface area (Å²) in [5.74, 6) is 0.213. The summed E-state index contributed by atoms with van der Waals surface area (Å²) in [4.78, 5) is 32.5. The van der Waals surface area contributed by atoms with Gasteiger partial charge >= 0.3 is 0 Å². The maximum Gasteiger partial charge on any atom is 0.238 e. The molecule has 6 heteroatoms. The lowest BCUT2D eigenvalue weighted by Gasteiger charge is -2.34. The molecule has 0 aliphatic carbocycles. The predicted molar refractivity (Wildman–Crippen MR) is 129 cm³/mol. The van der Waals surface area contributed by atoms with Crippen LogP contribution in [0.5, 0.6) is 0 Å². The lowest BCUT2D eigenvalue weighted by Crippen LogP contribution is -2.50. The van der Waals surface area contributed by atoms with Gasteiger partial charge in [-0.3, -0.25) is 14.5 Å². The smallest absolute Gasteiger partial charge is 0.238 e. The predicted octanol–water partition coefficient (Wildman–Crippen LogP) is 3.89. The molecule has 3 aromatic rings. The summed E-state index contributed by atoms with van der Waals surface area (Å²) in [6.07, 6.45) is 4.36. The minimum Gasteiger partial charge on any atom is -0.361 e. The molecule has 2 aromatic carbocycles. The lowest BCUT2D eigenvalue weighted by atomic mass is 10.1. The second-order valence-electron chi connectivity index (χ2n) is 8.68. The Morgan fingerprint density at radius 3 is 2.44 bits per heavy atom. The van der Waals surface area contributed by atoms with Gasteiger partial charge in [0.2, 0.25) is 11.8 Å². The van der Waals surface area contributed by atoms with Gasteiger partial charge in [0, 0.05) is 55.4 Å². The Morgan fingerprint density at radius 1 is 0.969 bits per heavy atom. The van der Waals surface area contributed by atoms with Crippen molar-refractivity contribution in [1.82, 2.24) is 14.8 Å². The Kier molecular flexibility index (Phi) is 6.90. The summed E-state index contributed by atoms with van der Waals surface area (Å²) in [5.41, 5.74) is 5.46. The van der Waals surface area contributed by atoms with Gasteiger partial charge in [-0.25, -0.2) is 0 Å². The van der Waals surface area contributed by atoms with E-state index in [0.29, 0.717) is 26.1 Å². The zero-order valence-electron chi connectivity index (χ0n) is 19.0. The normalized spacial score (nSPS) is 14.6. The highest BCUT2D eigenvalue weighted by Gasteiger charge is 2.22. The Labute approximate surface area is 189 Å². The van der Waals surface area contributed by atoms with Crippen molar-refractivity contribution in [2.75, 3.05) is 38.0 Å². The quantitative estimate of drug-likeness (QED) is 0.595. The number of aromatic nitrogens is 1. The number of nitrogens with zero attached hydrogens (tertiary/aromatic N) is 2. The van der Waals surface area contributed by atoms with Crippen LogP contribution in [0.15, 0.2) is 48.7 Å². The van der Waals surface area contributed by atoms with E-state index >= 15 is 0 Å². The minimum atomic E-state index is 0.000839. The fraction of sp³-hybridized carbons (Fsp3) is 0.385. The zero-order chi connectivity index (χ0) is 22.5. The topological polar surface area (TPSA) is 68.4 Å². The number of H-pyrrole nitrogens is 1. The molecule has 1 aliphatic heterocycles.